The number of rotatable bonds is 2. The standard InChI is InChI=1S/C22H29NO4/c1-4-13-14-7-5-6-8-23-16(17-9-11(2)21(24)26-17)10-15(19(14)23)18-12(3)22(25)27-20(13)18/h10-14,17-18,20H,4-9H2,1-3H3/t11-,12+,13-,14-,17+,18-,20+/m1/s1. The van der Waals surface area contributed by atoms with Crippen molar-refractivity contribution < 1.29 is 19.1 Å². The van der Waals surface area contributed by atoms with Crippen LogP contribution in [0.4, 0.5) is 0 Å². The van der Waals surface area contributed by atoms with E-state index < -0.39 is 0 Å². The second kappa shape index (κ2) is 6.11. The molecule has 0 unspecified atom stereocenters. The van der Waals surface area contributed by atoms with Gasteiger partial charge >= 0.3 is 11.9 Å². The molecule has 0 aromatic carbocycles. The fourth-order valence-corrected chi connectivity index (χ4v) is 6.19. The molecule has 5 heteroatoms. The van der Waals surface area contributed by atoms with Gasteiger partial charge in [-0.05, 0) is 30.9 Å². The third kappa shape index (κ3) is 2.36. The fraction of sp³-hybridized carbons (Fsp3) is 0.727. The van der Waals surface area contributed by atoms with E-state index >= 15 is 0 Å². The summed E-state index contributed by atoms with van der Waals surface area (Å²) >= 11 is 0. The van der Waals surface area contributed by atoms with Gasteiger partial charge in [0.2, 0.25) is 0 Å². The molecule has 3 aliphatic heterocycles. The highest BCUT2D eigenvalue weighted by atomic mass is 16.6. The lowest BCUT2D eigenvalue weighted by atomic mass is 9.66. The predicted octanol–water partition coefficient (Wildman–Crippen LogP) is 4.06. The molecule has 2 saturated heterocycles. The number of hydrogen-bond acceptors (Lipinski definition) is 4. The summed E-state index contributed by atoms with van der Waals surface area (Å²) in [7, 11) is 0. The topological polar surface area (TPSA) is 57.5 Å². The first-order valence-corrected chi connectivity index (χ1v) is 10.7. The van der Waals surface area contributed by atoms with Gasteiger partial charge in [0.15, 0.2) is 0 Å². The number of esters is 2. The Kier molecular flexibility index (Phi) is 3.92. The predicted molar refractivity (Wildman–Crippen MR) is 99.2 cm³/mol. The highest BCUT2D eigenvalue weighted by molar-refractivity contribution is 5.77. The first-order valence-electron chi connectivity index (χ1n) is 10.7. The zero-order chi connectivity index (χ0) is 18.9. The monoisotopic (exact) mass is 371 g/mol. The Morgan fingerprint density at radius 3 is 2.67 bits per heavy atom. The van der Waals surface area contributed by atoms with Crippen LogP contribution in [0.15, 0.2) is 6.07 Å². The quantitative estimate of drug-likeness (QED) is 0.736. The SMILES string of the molecule is CC[C@H]1[C@@H]2OC(=O)[C@@H](C)[C@@H]2c2cc([C@@H]3C[C@@H](C)C(=O)O3)n3c2[C@@H]1CCCC3. The van der Waals surface area contributed by atoms with Crippen molar-refractivity contribution in [3.63, 3.8) is 0 Å². The molecule has 5 rings (SSSR count). The van der Waals surface area contributed by atoms with E-state index in [1.807, 2.05) is 13.8 Å². The van der Waals surface area contributed by atoms with Crippen LogP contribution in [0, 0.1) is 17.8 Å². The molecule has 0 radical (unpaired) electrons. The van der Waals surface area contributed by atoms with E-state index in [-0.39, 0.29) is 41.9 Å². The first-order chi connectivity index (χ1) is 13.0. The molecule has 4 heterocycles. The Labute approximate surface area is 160 Å². The molecule has 27 heavy (non-hydrogen) atoms. The normalized spacial score (nSPS) is 40.2. The van der Waals surface area contributed by atoms with Crippen LogP contribution in [0.5, 0.6) is 0 Å². The maximum absolute atomic E-state index is 12.4. The lowest BCUT2D eigenvalue weighted by molar-refractivity contribution is -0.146. The van der Waals surface area contributed by atoms with Crippen LogP contribution in [0.1, 0.15) is 87.8 Å². The molecule has 0 N–H and O–H groups in total. The van der Waals surface area contributed by atoms with E-state index in [2.05, 4.69) is 17.6 Å². The van der Waals surface area contributed by atoms with Crippen LogP contribution in [0.2, 0.25) is 0 Å². The minimum atomic E-state index is -0.149. The fourth-order valence-electron chi connectivity index (χ4n) is 6.19. The molecule has 0 amide bonds. The molecule has 146 valence electrons. The summed E-state index contributed by atoms with van der Waals surface area (Å²) in [5.41, 5.74) is 3.85. The van der Waals surface area contributed by atoms with Gasteiger partial charge in [0, 0.05) is 36.4 Å². The molecule has 0 bridgehead atoms. The lowest BCUT2D eigenvalue weighted by Crippen LogP contribution is -2.36. The van der Waals surface area contributed by atoms with Crippen molar-refractivity contribution in [2.24, 2.45) is 17.8 Å². The van der Waals surface area contributed by atoms with Crippen LogP contribution in [-0.2, 0) is 25.6 Å². The summed E-state index contributed by atoms with van der Waals surface area (Å²) in [4.78, 5) is 24.5. The molecule has 0 saturated carbocycles. The minimum absolute atomic E-state index is 0.00171. The Bertz CT molecular complexity index is 796. The molecular formula is C22H29NO4. The van der Waals surface area contributed by atoms with Crippen molar-refractivity contribution in [2.45, 2.75) is 83.5 Å². The maximum atomic E-state index is 12.4. The van der Waals surface area contributed by atoms with Crippen molar-refractivity contribution >= 4 is 11.9 Å². The minimum Gasteiger partial charge on any atom is -0.461 e. The molecule has 5 nitrogen and oxygen atoms in total. The van der Waals surface area contributed by atoms with Crippen molar-refractivity contribution in [2.75, 3.05) is 0 Å². The van der Waals surface area contributed by atoms with Gasteiger partial charge in [0.25, 0.3) is 0 Å². The third-order valence-electron chi connectivity index (χ3n) is 7.54. The molecule has 2 fully saturated rings. The number of ether oxygens (including phenoxy) is 2. The van der Waals surface area contributed by atoms with Crippen LogP contribution in [0.3, 0.4) is 0 Å². The van der Waals surface area contributed by atoms with E-state index in [1.54, 1.807) is 0 Å². The Hall–Kier alpha value is -1.78. The van der Waals surface area contributed by atoms with E-state index in [1.165, 1.54) is 17.7 Å². The summed E-state index contributed by atoms with van der Waals surface area (Å²) in [5, 5.41) is 0. The summed E-state index contributed by atoms with van der Waals surface area (Å²) < 4.78 is 14.1. The van der Waals surface area contributed by atoms with E-state index in [0.717, 1.165) is 37.9 Å². The first kappa shape index (κ1) is 17.3. The van der Waals surface area contributed by atoms with E-state index in [9.17, 15) is 9.59 Å². The van der Waals surface area contributed by atoms with Gasteiger partial charge in [-0.25, -0.2) is 0 Å². The third-order valence-corrected chi connectivity index (χ3v) is 7.54. The molecule has 1 aromatic heterocycles. The van der Waals surface area contributed by atoms with Gasteiger partial charge in [-0.2, -0.15) is 0 Å². The molecule has 1 aliphatic carbocycles. The Morgan fingerprint density at radius 1 is 1.15 bits per heavy atom. The Morgan fingerprint density at radius 2 is 1.96 bits per heavy atom. The van der Waals surface area contributed by atoms with Crippen molar-refractivity contribution in [1.82, 2.24) is 4.57 Å². The maximum Gasteiger partial charge on any atom is 0.309 e. The number of aromatic nitrogens is 1. The van der Waals surface area contributed by atoms with E-state index in [4.69, 9.17) is 9.47 Å². The van der Waals surface area contributed by atoms with Gasteiger partial charge < -0.3 is 14.0 Å². The summed E-state index contributed by atoms with van der Waals surface area (Å²) in [5.74, 6) is 0.690. The zero-order valence-corrected chi connectivity index (χ0v) is 16.4. The largest absolute Gasteiger partial charge is 0.461 e. The van der Waals surface area contributed by atoms with Crippen LogP contribution >= 0.6 is 0 Å². The molecule has 0 spiro atoms. The van der Waals surface area contributed by atoms with Crippen LogP contribution in [-0.4, -0.2) is 22.6 Å². The summed E-state index contributed by atoms with van der Waals surface area (Å²) in [6, 6.07) is 2.26. The average Bonchev–Trinajstić information content (AvgIpc) is 3.20. The second-order valence-corrected chi connectivity index (χ2v) is 9.01. The second-order valence-electron chi connectivity index (χ2n) is 9.01. The van der Waals surface area contributed by atoms with E-state index in [0.29, 0.717) is 11.8 Å². The van der Waals surface area contributed by atoms with Crippen molar-refractivity contribution in [3.05, 3.63) is 23.0 Å². The van der Waals surface area contributed by atoms with Crippen LogP contribution < -0.4 is 0 Å². The molecule has 7 atom stereocenters. The Balaban J connectivity index is 1.67. The zero-order valence-electron chi connectivity index (χ0n) is 16.4. The number of fused-ring (bicyclic) bond motifs is 2. The summed E-state index contributed by atoms with van der Waals surface area (Å²) in [6.45, 7) is 7.17. The summed E-state index contributed by atoms with van der Waals surface area (Å²) in [6.07, 6.45) is 5.14. The highest BCUT2D eigenvalue weighted by Gasteiger charge is 2.54. The number of carbonyl (C=O) groups is 2. The van der Waals surface area contributed by atoms with Crippen molar-refractivity contribution in [3.8, 4) is 0 Å². The molecular weight excluding hydrogens is 342 g/mol. The van der Waals surface area contributed by atoms with Gasteiger partial charge in [-0.3, -0.25) is 9.59 Å². The van der Waals surface area contributed by atoms with Gasteiger partial charge in [-0.15, -0.1) is 0 Å². The molecule has 4 aliphatic rings. The van der Waals surface area contributed by atoms with Crippen molar-refractivity contribution in [1.29, 1.82) is 0 Å². The van der Waals surface area contributed by atoms with Crippen LogP contribution in [0.25, 0.3) is 0 Å². The molecule has 1 aromatic rings. The number of carbonyl (C=O) groups excluding carboxylic acids is 2. The number of nitrogens with zero attached hydrogens (tertiary/aromatic N) is 1. The van der Waals surface area contributed by atoms with Gasteiger partial charge in [-0.1, -0.05) is 27.2 Å². The lowest BCUT2D eigenvalue weighted by Gasteiger charge is -2.39. The van der Waals surface area contributed by atoms with Gasteiger partial charge in [0.05, 0.1) is 17.5 Å². The average molecular weight is 371 g/mol. The highest BCUT2D eigenvalue weighted by Crippen LogP contribution is 2.55. The number of cyclic esters (lactones) is 1. The number of hydrogen-bond donors (Lipinski definition) is 0. The smallest absolute Gasteiger partial charge is 0.309 e. The van der Waals surface area contributed by atoms with Gasteiger partial charge in [0.1, 0.15) is 12.2 Å².